The summed E-state index contributed by atoms with van der Waals surface area (Å²) in [6, 6.07) is 10.6. The Hall–Kier alpha value is -3.46. The molecule has 1 aromatic heterocycles. The van der Waals surface area contributed by atoms with Crippen LogP contribution in [0.4, 0.5) is 0 Å². The molecule has 9 heteroatoms. The predicted molar refractivity (Wildman–Crippen MR) is 120 cm³/mol. The number of benzene rings is 2. The number of carbonyl (C=O) groups is 3. The Morgan fingerprint density at radius 3 is 2.56 bits per heavy atom. The van der Waals surface area contributed by atoms with E-state index in [2.05, 4.69) is 4.99 Å². The zero-order valence-electron chi connectivity index (χ0n) is 18.3. The van der Waals surface area contributed by atoms with Gasteiger partial charge in [0.05, 0.1) is 43.0 Å². The SMILES string of the molecule is CCOC(=O)c1ccc2c(c1)sc(=NC(=O)Cc1cc(C)ccc1OC)n2CC(=O)OC. The summed E-state index contributed by atoms with van der Waals surface area (Å²) < 4.78 is 17.5. The number of hydrogen-bond acceptors (Lipinski definition) is 7. The van der Waals surface area contributed by atoms with E-state index in [4.69, 9.17) is 14.2 Å². The lowest BCUT2D eigenvalue weighted by Crippen LogP contribution is -2.22. The van der Waals surface area contributed by atoms with Gasteiger partial charge in [-0.2, -0.15) is 4.99 Å². The second kappa shape index (κ2) is 10.2. The van der Waals surface area contributed by atoms with Gasteiger partial charge in [0.2, 0.25) is 0 Å². The van der Waals surface area contributed by atoms with Crippen LogP contribution in [-0.2, 0) is 32.0 Å². The molecule has 2 aromatic carbocycles. The molecule has 0 spiro atoms. The van der Waals surface area contributed by atoms with Crippen molar-refractivity contribution in [3.8, 4) is 5.75 Å². The van der Waals surface area contributed by atoms with Crippen molar-refractivity contribution >= 4 is 39.4 Å². The standard InChI is InChI=1S/C23H24N2O6S/c1-5-31-22(28)15-7-8-17-19(11-15)32-23(25(17)13-21(27)30-4)24-20(26)12-16-10-14(2)6-9-18(16)29-3/h6-11H,5,12-13H2,1-4H3. The number of amides is 1. The summed E-state index contributed by atoms with van der Waals surface area (Å²) in [5.74, 6) is -0.696. The Bertz CT molecular complexity index is 1240. The third-order valence-electron chi connectivity index (χ3n) is 4.71. The maximum absolute atomic E-state index is 12.8. The molecule has 0 aliphatic carbocycles. The fraction of sp³-hybridized carbons (Fsp3) is 0.304. The molecule has 0 aliphatic heterocycles. The molecule has 0 atom stereocenters. The molecule has 0 bridgehead atoms. The van der Waals surface area contributed by atoms with Gasteiger partial charge in [0.15, 0.2) is 4.80 Å². The first-order valence-electron chi connectivity index (χ1n) is 9.94. The maximum Gasteiger partial charge on any atom is 0.338 e. The van der Waals surface area contributed by atoms with Crippen LogP contribution in [0.5, 0.6) is 5.75 Å². The van der Waals surface area contributed by atoms with Gasteiger partial charge in [-0.25, -0.2) is 4.79 Å². The fourth-order valence-electron chi connectivity index (χ4n) is 3.20. The summed E-state index contributed by atoms with van der Waals surface area (Å²) in [5, 5.41) is 0. The van der Waals surface area contributed by atoms with Crippen molar-refractivity contribution in [2.24, 2.45) is 4.99 Å². The molecule has 0 saturated carbocycles. The van der Waals surface area contributed by atoms with Gasteiger partial charge in [-0.1, -0.05) is 29.0 Å². The third kappa shape index (κ3) is 5.23. The highest BCUT2D eigenvalue weighted by atomic mass is 32.1. The molecule has 1 heterocycles. The van der Waals surface area contributed by atoms with E-state index in [0.29, 0.717) is 26.3 Å². The van der Waals surface area contributed by atoms with Gasteiger partial charge in [0.1, 0.15) is 12.3 Å². The van der Waals surface area contributed by atoms with Crippen LogP contribution in [0.2, 0.25) is 0 Å². The van der Waals surface area contributed by atoms with Crippen LogP contribution in [0.1, 0.15) is 28.4 Å². The fourth-order valence-corrected chi connectivity index (χ4v) is 4.29. The second-order valence-electron chi connectivity index (χ2n) is 6.95. The van der Waals surface area contributed by atoms with E-state index >= 15 is 0 Å². The Balaban J connectivity index is 2.04. The number of nitrogens with zero attached hydrogens (tertiary/aromatic N) is 2. The summed E-state index contributed by atoms with van der Waals surface area (Å²) in [7, 11) is 2.84. The molecule has 0 aliphatic rings. The van der Waals surface area contributed by atoms with Crippen molar-refractivity contribution in [2.75, 3.05) is 20.8 Å². The molecule has 8 nitrogen and oxygen atoms in total. The van der Waals surface area contributed by atoms with Gasteiger partial charge < -0.3 is 18.8 Å². The van der Waals surface area contributed by atoms with Crippen LogP contribution in [0.3, 0.4) is 0 Å². The van der Waals surface area contributed by atoms with Crippen LogP contribution < -0.4 is 9.54 Å². The van der Waals surface area contributed by atoms with Crippen molar-refractivity contribution in [1.29, 1.82) is 0 Å². The van der Waals surface area contributed by atoms with Crippen molar-refractivity contribution in [3.05, 3.63) is 57.9 Å². The first kappa shape index (κ1) is 23.2. The van der Waals surface area contributed by atoms with Gasteiger partial charge in [-0.15, -0.1) is 0 Å². The van der Waals surface area contributed by atoms with Gasteiger partial charge in [-0.05, 0) is 38.1 Å². The highest BCUT2D eigenvalue weighted by molar-refractivity contribution is 7.16. The number of thiazole rings is 1. The average molecular weight is 457 g/mol. The van der Waals surface area contributed by atoms with Gasteiger partial charge in [-0.3, -0.25) is 9.59 Å². The van der Waals surface area contributed by atoms with Crippen molar-refractivity contribution in [1.82, 2.24) is 4.57 Å². The monoisotopic (exact) mass is 456 g/mol. The number of hydrogen-bond donors (Lipinski definition) is 0. The largest absolute Gasteiger partial charge is 0.496 e. The van der Waals surface area contributed by atoms with E-state index in [-0.39, 0.29) is 25.5 Å². The van der Waals surface area contributed by atoms with E-state index in [1.165, 1.54) is 18.4 Å². The van der Waals surface area contributed by atoms with Crippen molar-refractivity contribution in [3.63, 3.8) is 0 Å². The normalized spacial score (nSPS) is 11.4. The van der Waals surface area contributed by atoms with Crippen LogP contribution >= 0.6 is 11.3 Å². The van der Waals surface area contributed by atoms with Crippen LogP contribution in [0.15, 0.2) is 41.4 Å². The minimum Gasteiger partial charge on any atom is -0.496 e. The lowest BCUT2D eigenvalue weighted by atomic mass is 10.1. The van der Waals surface area contributed by atoms with Gasteiger partial charge >= 0.3 is 11.9 Å². The molecule has 0 radical (unpaired) electrons. The molecule has 0 fully saturated rings. The molecule has 3 aromatic rings. The molecular formula is C23H24N2O6S. The second-order valence-corrected chi connectivity index (χ2v) is 7.96. The molecule has 0 N–H and O–H groups in total. The van der Waals surface area contributed by atoms with Crippen LogP contribution in [0.25, 0.3) is 10.2 Å². The molecule has 0 saturated heterocycles. The zero-order valence-corrected chi connectivity index (χ0v) is 19.2. The summed E-state index contributed by atoms with van der Waals surface area (Å²) in [6.07, 6.45) is 0.0470. The summed E-state index contributed by atoms with van der Waals surface area (Å²) >= 11 is 1.21. The maximum atomic E-state index is 12.8. The third-order valence-corrected chi connectivity index (χ3v) is 5.75. The molecule has 0 unspecified atom stereocenters. The predicted octanol–water partition coefficient (Wildman–Crippen LogP) is 3.04. The molecule has 3 rings (SSSR count). The van der Waals surface area contributed by atoms with E-state index in [1.807, 2.05) is 25.1 Å². The number of ether oxygens (including phenoxy) is 3. The smallest absolute Gasteiger partial charge is 0.338 e. The lowest BCUT2D eigenvalue weighted by molar-refractivity contribution is -0.141. The number of rotatable bonds is 7. The first-order chi connectivity index (χ1) is 15.4. The lowest BCUT2D eigenvalue weighted by Gasteiger charge is -2.07. The summed E-state index contributed by atoms with van der Waals surface area (Å²) in [4.78, 5) is 41.4. The minimum absolute atomic E-state index is 0.0470. The van der Waals surface area contributed by atoms with Crippen LogP contribution in [-0.4, -0.2) is 43.2 Å². The van der Waals surface area contributed by atoms with Crippen LogP contribution in [0, 0.1) is 6.92 Å². The number of methoxy groups -OCH3 is 2. The van der Waals surface area contributed by atoms with Crippen molar-refractivity contribution in [2.45, 2.75) is 26.8 Å². The Labute approximate surface area is 189 Å². The number of esters is 2. The molecular weight excluding hydrogens is 432 g/mol. The summed E-state index contributed by atoms with van der Waals surface area (Å²) in [6.45, 7) is 3.82. The zero-order chi connectivity index (χ0) is 23.3. The number of fused-ring (bicyclic) bond motifs is 1. The molecule has 168 valence electrons. The molecule has 32 heavy (non-hydrogen) atoms. The quantitative estimate of drug-likeness (QED) is 0.507. The van der Waals surface area contributed by atoms with Crippen molar-refractivity contribution < 1.29 is 28.6 Å². The van der Waals surface area contributed by atoms with E-state index in [1.54, 1.807) is 36.8 Å². The Morgan fingerprint density at radius 2 is 1.88 bits per heavy atom. The Kier molecular flexibility index (Phi) is 7.42. The number of aromatic nitrogens is 1. The number of aryl methyl sites for hydroxylation is 1. The van der Waals surface area contributed by atoms with E-state index in [0.717, 1.165) is 11.1 Å². The highest BCUT2D eigenvalue weighted by Gasteiger charge is 2.15. The van der Waals surface area contributed by atoms with E-state index < -0.39 is 11.9 Å². The van der Waals surface area contributed by atoms with E-state index in [9.17, 15) is 14.4 Å². The number of carbonyl (C=O) groups excluding carboxylic acids is 3. The summed E-state index contributed by atoms with van der Waals surface area (Å²) in [5.41, 5.74) is 2.77. The average Bonchev–Trinajstić information content (AvgIpc) is 3.09. The minimum atomic E-state index is -0.478. The van der Waals surface area contributed by atoms with Gasteiger partial charge in [0, 0.05) is 5.56 Å². The molecule has 1 amide bonds. The highest BCUT2D eigenvalue weighted by Crippen LogP contribution is 2.22. The Morgan fingerprint density at radius 1 is 1.09 bits per heavy atom. The first-order valence-corrected chi connectivity index (χ1v) is 10.8. The topological polar surface area (TPSA) is 96.2 Å². The van der Waals surface area contributed by atoms with Gasteiger partial charge in [0.25, 0.3) is 5.91 Å².